The van der Waals surface area contributed by atoms with Crippen molar-refractivity contribution < 1.29 is 13.2 Å². The minimum Gasteiger partial charge on any atom is -0.316 e. The molecular weight excluding hydrogens is 483 g/mol. The first-order valence-electron chi connectivity index (χ1n) is 9.98. The predicted octanol–water partition coefficient (Wildman–Crippen LogP) is 4.63. The number of aryl methyl sites for hydroxylation is 2. The molecule has 7 nitrogen and oxygen atoms in total. The number of halogens is 2. The van der Waals surface area contributed by atoms with Crippen molar-refractivity contribution in [3.05, 3.63) is 81.1 Å². The van der Waals surface area contributed by atoms with Gasteiger partial charge in [0, 0.05) is 22.0 Å². The third-order valence-electron chi connectivity index (χ3n) is 5.08. The standard InChI is InChI=1S/C23H24Cl2N4O3S/c1-15-7-5-6-8-21(15)28(33(4,31)32)14-23(30)27-26-13-18-11-16(2)29(17(18)3)22-12-19(24)9-10-20(22)25/h5-13H,14H2,1-4H3,(H,27,30)/b26-13-. The highest BCUT2D eigenvalue weighted by molar-refractivity contribution is 7.92. The number of sulfonamides is 1. The maximum atomic E-state index is 12.5. The normalized spacial score (nSPS) is 11.7. The number of nitrogens with zero attached hydrogens (tertiary/aromatic N) is 3. The molecule has 1 heterocycles. The lowest BCUT2D eigenvalue weighted by molar-refractivity contribution is -0.119. The lowest BCUT2D eigenvalue weighted by Gasteiger charge is -2.23. The van der Waals surface area contributed by atoms with E-state index in [1.165, 1.54) is 6.21 Å². The first-order chi connectivity index (χ1) is 15.5. The van der Waals surface area contributed by atoms with Gasteiger partial charge in [-0.05, 0) is 56.7 Å². The average Bonchev–Trinajstić information content (AvgIpc) is 3.01. The Labute approximate surface area is 203 Å². The Bertz CT molecular complexity index is 1330. The van der Waals surface area contributed by atoms with Gasteiger partial charge in [0.2, 0.25) is 10.0 Å². The summed E-state index contributed by atoms with van der Waals surface area (Å²) in [7, 11) is -3.67. The van der Waals surface area contributed by atoms with Crippen LogP contribution in [0.2, 0.25) is 10.0 Å². The third kappa shape index (κ3) is 5.76. The largest absolute Gasteiger partial charge is 0.316 e. The van der Waals surface area contributed by atoms with E-state index in [0.29, 0.717) is 15.7 Å². The zero-order chi connectivity index (χ0) is 24.3. The number of hydrazone groups is 1. The summed E-state index contributed by atoms with van der Waals surface area (Å²) < 4.78 is 27.5. The molecule has 1 N–H and O–H groups in total. The molecule has 0 radical (unpaired) electrons. The summed E-state index contributed by atoms with van der Waals surface area (Å²) in [5.41, 5.74) is 6.87. The lowest BCUT2D eigenvalue weighted by Crippen LogP contribution is -2.39. The van der Waals surface area contributed by atoms with E-state index < -0.39 is 22.5 Å². The van der Waals surface area contributed by atoms with Crippen LogP contribution in [0.5, 0.6) is 0 Å². The van der Waals surface area contributed by atoms with Crippen molar-refractivity contribution in [2.45, 2.75) is 20.8 Å². The number of carbonyl (C=O) groups is 1. The molecule has 1 aromatic heterocycles. The number of nitrogens with one attached hydrogen (secondary N) is 1. The van der Waals surface area contributed by atoms with Crippen LogP contribution in [0, 0.1) is 20.8 Å². The van der Waals surface area contributed by atoms with Gasteiger partial charge in [0.05, 0.1) is 28.9 Å². The predicted molar refractivity (Wildman–Crippen MR) is 134 cm³/mol. The SMILES string of the molecule is Cc1ccccc1N(CC(=O)N/N=C\c1cc(C)n(-c2cc(Cl)ccc2Cl)c1C)S(C)(=O)=O. The van der Waals surface area contributed by atoms with Crippen LogP contribution >= 0.6 is 23.2 Å². The van der Waals surface area contributed by atoms with Gasteiger partial charge in [-0.2, -0.15) is 5.10 Å². The molecular formula is C23H24Cl2N4O3S. The molecule has 0 atom stereocenters. The molecule has 1 amide bonds. The molecule has 33 heavy (non-hydrogen) atoms. The van der Waals surface area contributed by atoms with Crippen molar-refractivity contribution in [3.63, 3.8) is 0 Å². The number of para-hydroxylation sites is 1. The van der Waals surface area contributed by atoms with Crippen molar-refractivity contribution in [2.75, 3.05) is 17.1 Å². The molecule has 3 aromatic rings. The number of benzene rings is 2. The number of carbonyl (C=O) groups excluding carboxylic acids is 1. The van der Waals surface area contributed by atoms with Crippen molar-refractivity contribution >= 4 is 51.0 Å². The highest BCUT2D eigenvalue weighted by Crippen LogP contribution is 2.28. The highest BCUT2D eigenvalue weighted by Gasteiger charge is 2.22. The molecule has 174 valence electrons. The molecule has 2 aromatic carbocycles. The molecule has 0 aliphatic heterocycles. The molecule has 3 rings (SSSR count). The van der Waals surface area contributed by atoms with Gasteiger partial charge in [-0.3, -0.25) is 9.10 Å². The Kier molecular flexibility index (Phi) is 7.51. The molecule has 0 spiro atoms. The molecule has 10 heteroatoms. The summed E-state index contributed by atoms with van der Waals surface area (Å²) in [6.07, 6.45) is 2.57. The van der Waals surface area contributed by atoms with Gasteiger partial charge in [-0.15, -0.1) is 0 Å². The first-order valence-corrected chi connectivity index (χ1v) is 12.6. The van der Waals surface area contributed by atoms with Crippen LogP contribution in [0.25, 0.3) is 5.69 Å². The molecule has 0 aliphatic carbocycles. The number of amides is 1. The second-order valence-electron chi connectivity index (χ2n) is 7.61. The van der Waals surface area contributed by atoms with Gasteiger partial charge in [0.1, 0.15) is 6.54 Å². The number of hydrogen-bond donors (Lipinski definition) is 1. The third-order valence-corrected chi connectivity index (χ3v) is 6.77. The second-order valence-corrected chi connectivity index (χ2v) is 10.4. The molecule has 0 aliphatic rings. The summed E-state index contributed by atoms with van der Waals surface area (Å²) in [6, 6.07) is 14.1. The highest BCUT2D eigenvalue weighted by atomic mass is 35.5. The van der Waals surface area contributed by atoms with Gasteiger partial charge in [-0.1, -0.05) is 41.4 Å². The summed E-state index contributed by atoms with van der Waals surface area (Å²) in [4.78, 5) is 12.5. The van der Waals surface area contributed by atoms with Crippen LogP contribution in [0.1, 0.15) is 22.5 Å². The number of anilines is 1. The number of hydrogen-bond acceptors (Lipinski definition) is 4. The van der Waals surface area contributed by atoms with Crippen LogP contribution in [0.15, 0.2) is 53.6 Å². The zero-order valence-electron chi connectivity index (χ0n) is 18.6. The van der Waals surface area contributed by atoms with Crippen LogP contribution in [0.3, 0.4) is 0 Å². The Morgan fingerprint density at radius 2 is 1.82 bits per heavy atom. The fraction of sp³-hybridized carbons (Fsp3) is 0.217. The van der Waals surface area contributed by atoms with Crippen molar-refractivity contribution in [1.82, 2.24) is 9.99 Å². The Morgan fingerprint density at radius 3 is 2.48 bits per heavy atom. The topological polar surface area (TPSA) is 83.8 Å². The van der Waals surface area contributed by atoms with E-state index in [-0.39, 0.29) is 0 Å². The van der Waals surface area contributed by atoms with E-state index in [1.54, 1.807) is 49.4 Å². The maximum absolute atomic E-state index is 12.5. The van der Waals surface area contributed by atoms with E-state index in [2.05, 4.69) is 10.5 Å². The van der Waals surface area contributed by atoms with Crippen LogP contribution in [-0.4, -0.2) is 37.9 Å². The van der Waals surface area contributed by atoms with Crippen molar-refractivity contribution in [3.8, 4) is 5.69 Å². The summed E-state index contributed by atoms with van der Waals surface area (Å²) in [6.45, 7) is 5.22. The smallest absolute Gasteiger partial charge is 0.260 e. The van der Waals surface area contributed by atoms with E-state index in [4.69, 9.17) is 23.2 Å². The van der Waals surface area contributed by atoms with Gasteiger partial charge < -0.3 is 4.57 Å². The zero-order valence-corrected chi connectivity index (χ0v) is 21.0. The minimum atomic E-state index is -3.67. The maximum Gasteiger partial charge on any atom is 0.260 e. The van der Waals surface area contributed by atoms with Crippen molar-refractivity contribution in [2.24, 2.45) is 5.10 Å². The Hall–Kier alpha value is -2.81. The molecule has 0 bridgehead atoms. The van der Waals surface area contributed by atoms with Gasteiger partial charge >= 0.3 is 0 Å². The van der Waals surface area contributed by atoms with Crippen LogP contribution < -0.4 is 9.73 Å². The summed E-state index contributed by atoms with van der Waals surface area (Å²) >= 11 is 12.5. The van der Waals surface area contributed by atoms with E-state index >= 15 is 0 Å². The van der Waals surface area contributed by atoms with Crippen molar-refractivity contribution in [1.29, 1.82) is 0 Å². The second kappa shape index (κ2) is 9.99. The Morgan fingerprint density at radius 1 is 1.12 bits per heavy atom. The van der Waals surface area contributed by atoms with E-state index in [9.17, 15) is 13.2 Å². The first kappa shape index (κ1) is 24.8. The molecule has 0 saturated carbocycles. The fourth-order valence-electron chi connectivity index (χ4n) is 3.51. The van der Waals surface area contributed by atoms with Crippen LogP contribution in [0.4, 0.5) is 5.69 Å². The van der Waals surface area contributed by atoms with Gasteiger partial charge in [0.25, 0.3) is 5.91 Å². The lowest BCUT2D eigenvalue weighted by atomic mass is 10.2. The van der Waals surface area contributed by atoms with E-state index in [1.807, 2.05) is 24.5 Å². The summed E-state index contributed by atoms with van der Waals surface area (Å²) in [5, 5.41) is 5.14. The fourth-order valence-corrected chi connectivity index (χ4v) is 4.79. The molecule has 0 fully saturated rings. The van der Waals surface area contributed by atoms with Gasteiger partial charge in [-0.25, -0.2) is 13.8 Å². The molecule has 0 saturated heterocycles. The minimum absolute atomic E-state index is 0.391. The summed E-state index contributed by atoms with van der Waals surface area (Å²) in [5.74, 6) is -0.563. The number of rotatable bonds is 7. The van der Waals surface area contributed by atoms with Crippen LogP contribution in [-0.2, 0) is 14.8 Å². The molecule has 0 unspecified atom stereocenters. The average molecular weight is 507 g/mol. The quantitative estimate of drug-likeness (QED) is 0.374. The Balaban J connectivity index is 1.78. The van der Waals surface area contributed by atoms with Gasteiger partial charge in [0.15, 0.2) is 0 Å². The van der Waals surface area contributed by atoms with E-state index in [0.717, 1.165) is 38.8 Å². The monoisotopic (exact) mass is 506 g/mol. The number of aromatic nitrogens is 1.